The lowest BCUT2D eigenvalue weighted by Gasteiger charge is -2.44. The highest BCUT2D eigenvalue weighted by Crippen LogP contribution is 2.36. The molecule has 1 saturated heterocycles. The van der Waals surface area contributed by atoms with Crippen molar-refractivity contribution in [2.24, 2.45) is 5.92 Å². The molecule has 0 amide bonds. The molecular weight excluding hydrogens is 260 g/mol. The maximum atomic E-state index is 5.91. The molecule has 1 aromatic heterocycles. The summed E-state index contributed by atoms with van der Waals surface area (Å²) in [5.41, 5.74) is 1.40. The average Bonchev–Trinajstić information content (AvgIpc) is 2.86. The molecule has 0 aromatic carbocycles. The Morgan fingerprint density at radius 2 is 2.05 bits per heavy atom. The summed E-state index contributed by atoms with van der Waals surface area (Å²) in [6.45, 7) is 8.45. The fraction of sp³-hybridized carbons (Fsp3) is 0.778. The van der Waals surface area contributed by atoms with E-state index in [-0.39, 0.29) is 0 Å². The van der Waals surface area contributed by atoms with Gasteiger partial charge in [-0.15, -0.1) is 0 Å². The van der Waals surface area contributed by atoms with Crippen LogP contribution >= 0.6 is 0 Å². The maximum absolute atomic E-state index is 5.91. The van der Waals surface area contributed by atoms with Gasteiger partial charge in [-0.05, 0) is 57.7 Å². The van der Waals surface area contributed by atoms with Gasteiger partial charge >= 0.3 is 0 Å². The van der Waals surface area contributed by atoms with Crippen molar-refractivity contribution in [3.05, 3.63) is 23.2 Å². The third kappa shape index (κ3) is 3.51. The molecule has 3 heteroatoms. The highest BCUT2D eigenvalue weighted by molar-refractivity contribution is 5.21. The van der Waals surface area contributed by atoms with Crippen LogP contribution in [0.1, 0.15) is 62.5 Å². The highest BCUT2D eigenvalue weighted by Gasteiger charge is 2.33. The van der Waals surface area contributed by atoms with Crippen LogP contribution in [0, 0.1) is 12.8 Å². The summed E-state index contributed by atoms with van der Waals surface area (Å²) in [4.78, 5) is 2.74. The summed E-state index contributed by atoms with van der Waals surface area (Å²) < 4.78 is 5.91. The third-order valence-electron chi connectivity index (χ3n) is 5.35. The lowest BCUT2D eigenvalue weighted by atomic mass is 9.78. The van der Waals surface area contributed by atoms with Crippen LogP contribution in [0.3, 0.4) is 0 Å². The zero-order chi connectivity index (χ0) is 14.7. The second kappa shape index (κ2) is 6.97. The molecule has 2 fully saturated rings. The zero-order valence-corrected chi connectivity index (χ0v) is 13.7. The number of rotatable bonds is 5. The molecule has 0 radical (unpaired) electrons. The van der Waals surface area contributed by atoms with Crippen molar-refractivity contribution in [1.29, 1.82) is 0 Å². The van der Waals surface area contributed by atoms with E-state index in [1.807, 2.05) is 0 Å². The van der Waals surface area contributed by atoms with Gasteiger partial charge in [-0.2, -0.15) is 0 Å². The van der Waals surface area contributed by atoms with Crippen molar-refractivity contribution < 1.29 is 4.42 Å². The molecule has 1 saturated carbocycles. The van der Waals surface area contributed by atoms with Crippen LogP contribution in [0.15, 0.2) is 10.5 Å². The number of hydrogen-bond acceptors (Lipinski definition) is 3. The van der Waals surface area contributed by atoms with Crippen LogP contribution in [0.25, 0.3) is 0 Å². The summed E-state index contributed by atoms with van der Waals surface area (Å²) in [5, 5.41) is 3.35. The Morgan fingerprint density at radius 3 is 2.90 bits per heavy atom. The molecular formula is C18H30N2O. The van der Waals surface area contributed by atoms with Gasteiger partial charge in [0, 0.05) is 18.2 Å². The first-order chi connectivity index (χ1) is 10.3. The smallest absolute Gasteiger partial charge is 0.118 e. The Hall–Kier alpha value is -0.800. The van der Waals surface area contributed by atoms with E-state index in [1.54, 1.807) is 0 Å². The normalized spacial score (nSPS) is 26.8. The molecule has 1 N–H and O–H groups in total. The van der Waals surface area contributed by atoms with E-state index in [0.717, 1.165) is 43.1 Å². The topological polar surface area (TPSA) is 28.4 Å². The number of nitrogens with zero attached hydrogens (tertiary/aromatic N) is 1. The highest BCUT2D eigenvalue weighted by atomic mass is 16.3. The van der Waals surface area contributed by atoms with E-state index < -0.39 is 0 Å². The summed E-state index contributed by atoms with van der Waals surface area (Å²) in [6.07, 6.45) is 8.57. The van der Waals surface area contributed by atoms with Gasteiger partial charge in [0.1, 0.15) is 11.5 Å². The van der Waals surface area contributed by atoms with Crippen LogP contribution in [-0.2, 0) is 13.1 Å². The average molecular weight is 290 g/mol. The molecule has 21 heavy (non-hydrogen) atoms. The fourth-order valence-corrected chi connectivity index (χ4v) is 4.22. The van der Waals surface area contributed by atoms with E-state index in [1.165, 1.54) is 50.6 Å². The minimum absolute atomic E-state index is 0.832. The second-order valence-corrected chi connectivity index (χ2v) is 6.80. The number of furan rings is 1. The van der Waals surface area contributed by atoms with Gasteiger partial charge in [0.2, 0.25) is 0 Å². The van der Waals surface area contributed by atoms with Crippen LogP contribution in [-0.4, -0.2) is 24.0 Å². The monoisotopic (exact) mass is 290 g/mol. The Kier molecular flexibility index (Phi) is 5.02. The quantitative estimate of drug-likeness (QED) is 0.893. The second-order valence-electron chi connectivity index (χ2n) is 6.80. The number of piperidine rings is 1. The van der Waals surface area contributed by atoms with Gasteiger partial charge in [0.05, 0.1) is 6.54 Å². The van der Waals surface area contributed by atoms with Gasteiger partial charge < -0.3 is 9.73 Å². The Bertz CT molecular complexity index is 452. The van der Waals surface area contributed by atoms with E-state index >= 15 is 0 Å². The molecule has 118 valence electrons. The predicted molar refractivity (Wildman–Crippen MR) is 86.2 cm³/mol. The van der Waals surface area contributed by atoms with Crippen molar-refractivity contribution >= 4 is 0 Å². The van der Waals surface area contributed by atoms with Crippen molar-refractivity contribution in [2.75, 3.05) is 13.1 Å². The standard InChI is InChI=1S/C18H30N2O/c1-3-19-12-17-11-16(14(2)21-17)13-20-10-6-8-15-7-4-5-9-18(15)20/h11,15,18-19H,3-10,12-13H2,1-2H3/t15-,18-/m1/s1. The number of likely N-dealkylation sites (tertiary alicyclic amines) is 1. The van der Waals surface area contributed by atoms with E-state index in [4.69, 9.17) is 4.42 Å². The van der Waals surface area contributed by atoms with Gasteiger partial charge in [0.15, 0.2) is 0 Å². The summed E-state index contributed by atoms with van der Waals surface area (Å²) in [7, 11) is 0. The number of hydrogen-bond donors (Lipinski definition) is 1. The maximum Gasteiger partial charge on any atom is 0.118 e. The fourth-order valence-electron chi connectivity index (χ4n) is 4.22. The van der Waals surface area contributed by atoms with Gasteiger partial charge in [-0.3, -0.25) is 4.90 Å². The number of fused-ring (bicyclic) bond motifs is 1. The van der Waals surface area contributed by atoms with Gasteiger partial charge in [-0.1, -0.05) is 19.8 Å². The number of aryl methyl sites for hydroxylation is 1. The van der Waals surface area contributed by atoms with E-state index in [2.05, 4.69) is 30.1 Å². The molecule has 1 aromatic rings. The molecule has 0 unspecified atom stereocenters. The van der Waals surface area contributed by atoms with Crippen molar-refractivity contribution in [1.82, 2.24) is 10.2 Å². The number of nitrogens with one attached hydrogen (secondary N) is 1. The van der Waals surface area contributed by atoms with Crippen molar-refractivity contribution in [2.45, 2.75) is 71.5 Å². The van der Waals surface area contributed by atoms with Gasteiger partial charge in [0.25, 0.3) is 0 Å². The lowest BCUT2D eigenvalue weighted by molar-refractivity contribution is 0.0544. The Morgan fingerprint density at radius 1 is 1.24 bits per heavy atom. The molecule has 3 nitrogen and oxygen atoms in total. The van der Waals surface area contributed by atoms with E-state index in [9.17, 15) is 0 Å². The summed E-state index contributed by atoms with van der Waals surface area (Å²) >= 11 is 0. The minimum atomic E-state index is 0.832. The first-order valence-corrected chi connectivity index (χ1v) is 8.81. The largest absolute Gasteiger partial charge is 0.465 e. The summed E-state index contributed by atoms with van der Waals surface area (Å²) in [6, 6.07) is 3.10. The third-order valence-corrected chi connectivity index (χ3v) is 5.35. The van der Waals surface area contributed by atoms with Crippen LogP contribution in [0.2, 0.25) is 0 Å². The molecule has 1 aliphatic carbocycles. The molecule has 2 heterocycles. The first kappa shape index (κ1) is 15.1. The molecule has 3 rings (SSSR count). The lowest BCUT2D eigenvalue weighted by Crippen LogP contribution is -2.46. The van der Waals surface area contributed by atoms with Crippen LogP contribution in [0.4, 0.5) is 0 Å². The van der Waals surface area contributed by atoms with Gasteiger partial charge in [-0.25, -0.2) is 0 Å². The Balaban J connectivity index is 1.66. The van der Waals surface area contributed by atoms with Crippen molar-refractivity contribution in [3.63, 3.8) is 0 Å². The van der Waals surface area contributed by atoms with Crippen LogP contribution < -0.4 is 5.32 Å². The molecule has 0 spiro atoms. The molecule has 2 aliphatic rings. The van der Waals surface area contributed by atoms with E-state index in [0.29, 0.717) is 0 Å². The van der Waals surface area contributed by atoms with Crippen LogP contribution in [0.5, 0.6) is 0 Å². The SMILES string of the molecule is CCNCc1cc(CN2CCC[C@H]3CCCC[C@H]32)c(C)o1. The van der Waals surface area contributed by atoms with Crippen molar-refractivity contribution in [3.8, 4) is 0 Å². The molecule has 2 atom stereocenters. The Labute approximate surface area is 129 Å². The predicted octanol–water partition coefficient (Wildman–Crippen LogP) is 3.85. The molecule has 0 bridgehead atoms. The molecule has 1 aliphatic heterocycles. The first-order valence-electron chi connectivity index (χ1n) is 8.81. The summed E-state index contributed by atoms with van der Waals surface area (Å²) in [5.74, 6) is 3.16. The zero-order valence-electron chi connectivity index (χ0n) is 13.7. The minimum Gasteiger partial charge on any atom is -0.465 e.